The van der Waals surface area contributed by atoms with E-state index < -0.39 is 7.82 Å². The number of para-hydroxylation sites is 3. The zero-order valence-corrected chi connectivity index (χ0v) is 26.0. The molecular weight excluding hydrogens is 539 g/mol. The SMILES string of the molecule is CCc1cccc(CC)c1N(N)OP(=O)(ON(N)c1c(CC)cccc1CC)ON(N)c1c(CC)cccc1CC. The first-order valence-corrected chi connectivity index (χ1v) is 15.8. The molecule has 0 spiro atoms. The molecule has 0 heterocycles. The standard InChI is InChI=1S/C30H45N6O4P/c1-7-22-16-13-17-23(8-2)28(22)34(31)38-41(37,39-35(32)29-24(9-3)18-14-19-25(29)10-4)40-36(33)30-26(11-5)20-15-21-27(30)12-6/h13-21H,7-12,31-33H2,1-6H3. The van der Waals surface area contributed by atoms with Gasteiger partial charge >= 0.3 is 7.82 Å². The molecule has 0 bridgehead atoms. The minimum atomic E-state index is -4.66. The smallest absolute Gasteiger partial charge is 0.222 e. The van der Waals surface area contributed by atoms with Crippen molar-refractivity contribution in [2.24, 2.45) is 17.5 Å². The first-order chi connectivity index (χ1) is 19.7. The first-order valence-electron chi connectivity index (χ1n) is 14.3. The van der Waals surface area contributed by atoms with Gasteiger partial charge in [-0.3, -0.25) is 0 Å². The highest BCUT2D eigenvalue weighted by Gasteiger charge is 2.39. The molecule has 3 aromatic carbocycles. The number of nitrogens with two attached hydrogens (primary N) is 3. The zero-order chi connectivity index (χ0) is 30.2. The van der Waals surface area contributed by atoms with E-state index in [1.165, 1.54) is 0 Å². The lowest BCUT2D eigenvalue weighted by molar-refractivity contribution is 0.0853. The van der Waals surface area contributed by atoms with Crippen LogP contribution in [0.5, 0.6) is 0 Å². The number of hydrogen-bond acceptors (Lipinski definition) is 10. The van der Waals surface area contributed by atoms with E-state index in [1.54, 1.807) is 0 Å². The van der Waals surface area contributed by atoms with Crippen molar-refractivity contribution in [3.05, 3.63) is 88.0 Å². The Hall–Kier alpha value is -2.95. The Bertz CT molecular complexity index is 1130. The van der Waals surface area contributed by atoms with Crippen LogP contribution in [0.15, 0.2) is 54.6 Å². The zero-order valence-electron chi connectivity index (χ0n) is 25.1. The minimum absolute atomic E-state index is 0.573. The monoisotopic (exact) mass is 584 g/mol. The van der Waals surface area contributed by atoms with E-state index in [1.807, 2.05) is 96.1 Å². The van der Waals surface area contributed by atoms with Crippen LogP contribution in [0.1, 0.15) is 74.9 Å². The quantitative estimate of drug-likeness (QED) is 0.105. The fraction of sp³-hybridized carbons (Fsp3) is 0.400. The third-order valence-corrected chi connectivity index (χ3v) is 8.25. The molecule has 0 atom stereocenters. The van der Waals surface area contributed by atoms with Crippen LogP contribution < -0.4 is 33.0 Å². The molecule has 0 radical (unpaired) electrons. The Morgan fingerprint density at radius 3 is 0.854 bits per heavy atom. The molecule has 0 aliphatic rings. The van der Waals surface area contributed by atoms with Gasteiger partial charge in [0.25, 0.3) is 0 Å². The lowest BCUT2D eigenvalue weighted by Gasteiger charge is -2.32. The molecule has 0 unspecified atom stereocenters. The van der Waals surface area contributed by atoms with Crippen molar-refractivity contribution in [2.45, 2.75) is 80.1 Å². The molecule has 0 saturated carbocycles. The average Bonchev–Trinajstić information content (AvgIpc) is 2.98. The molecule has 0 aliphatic carbocycles. The largest absolute Gasteiger partial charge is 0.543 e. The Kier molecular flexibility index (Phi) is 11.7. The van der Waals surface area contributed by atoms with Crippen LogP contribution in [-0.2, 0) is 57.0 Å². The molecule has 224 valence electrons. The lowest BCUT2D eigenvalue weighted by Crippen LogP contribution is -2.40. The predicted molar refractivity (Wildman–Crippen MR) is 166 cm³/mol. The Morgan fingerprint density at radius 1 is 0.488 bits per heavy atom. The van der Waals surface area contributed by atoms with E-state index in [-0.39, 0.29) is 0 Å². The minimum Gasteiger partial charge on any atom is -0.222 e. The molecule has 3 aromatic rings. The van der Waals surface area contributed by atoms with Crippen LogP contribution in [0.25, 0.3) is 0 Å². The molecule has 0 aromatic heterocycles. The van der Waals surface area contributed by atoms with E-state index in [0.717, 1.165) is 48.9 Å². The predicted octanol–water partition coefficient (Wildman–Crippen LogP) is 6.40. The van der Waals surface area contributed by atoms with E-state index in [2.05, 4.69) is 0 Å². The summed E-state index contributed by atoms with van der Waals surface area (Å²) in [6.45, 7) is 12.0. The highest BCUT2D eigenvalue weighted by Crippen LogP contribution is 2.53. The van der Waals surface area contributed by atoms with Crippen molar-refractivity contribution >= 4 is 24.9 Å². The average molecular weight is 585 g/mol. The van der Waals surface area contributed by atoms with Crippen molar-refractivity contribution in [3.63, 3.8) is 0 Å². The van der Waals surface area contributed by atoms with Gasteiger partial charge in [0.15, 0.2) is 0 Å². The second kappa shape index (κ2) is 14.8. The molecule has 0 fully saturated rings. The van der Waals surface area contributed by atoms with Crippen molar-refractivity contribution in [1.82, 2.24) is 0 Å². The van der Waals surface area contributed by atoms with Gasteiger partial charge in [-0.05, 0) is 71.9 Å². The Labute approximate surface area is 244 Å². The molecule has 0 aliphatic heterocycles. The molecular formula is C30H45N6O4P. The van der Waals surface area contributed by atoms with Gasteiger partial charge in [0.05, 0.1) is 17.1 Å². The first kappa shape index (κ1) is 32.6. The highest BCUT2D eigenvalue weighted by molar-refractivity contribution is 7.48. The van der Waals surface area contributed by atoms with Crippen LogP contribution in [0.2, 0.25) is 0 Å². The Morgan fingerprint density at radius 2 is 0.683 bits per heavy atom. The van der Waals surface area contributed by atoms with Crippen LogP contribution in [-0.4, -0.2) is 0 Å². The summed E-state index contributed by atoms with van der Waals surface area (Å²) in [7, 11) is -4.66. The molecule has 10 nitrogen and oxygen atoms in total. The maximum absolute atomic E-state index is 14.5. The third kappa shape index (κ3) is 7.47. The van der Waals surface area contributed by atoms with E-state index in [0.29, 0.717) is 55.6 Å². The van der Waals surface area contributed by atoms with Crippen LogP contribution in [0.3, 0.4) is 0 Å². The van der Waals surface area contributed by atoms with Crippen molar-refractivity contribution in [1.29, 1.82) is 0 Å². The van der Waals surface area contributed by atoms with Gasteiger partial charge in [0, 0.05) is 0 Å². The van der Waals surface area contributed by atoms with Crippen LogP contribution in [0, 0.1) is 0 Å². The van der Waals surface area contributed by atoms with Crippen molar-refractivity contribution < 1.29 is 18.4 Å². The Balaban J connectivity index is 2.09. The van der Waals surface area contributed by atoms with Gasteiger partial charge in [0.1, 0.15) is 0 Å². The summed E-state index contributed by atoms with van der Waals surface area (Å²) >= 11 is 0. The van der Waals surface area contributed by atoms with E-state index >= 15 is 0 Å². The third-order valence-electron chi connectivity index (χ3n) is 7.12. The topological polar surface area (TPSA) is 133 Å². The van der Waals surface area contributed by atoms with Gasteiger partial charge < -0.3 is 0 Å². The molecule has 3 rings (SSSR count). The van der Waals surface area contributed by atoms with E-state index in [4.69, 9.17) is 31.4 Å². The number of nitrogens with zero attached hydrogens (tertiary/aromatic N) is 3. The summed E-state index contributed by atoms with van der Waals surface area (Å²) in [6, 6.07) is 17.5. The fourth-order valence-corrected chi connectivity index (χ4v) is 5.97. The summed E-state index contributed by atoms with van der Waals surface area (Å²) in [6.07, 6.45) is 4.03. The fourth-order valence-electron chi connectivity index (χ4n) is 4.98. The van der Waals surface area contributed by atoms with Crippen molar-refractivity contribution in [2.75, 3.05) is 15.5 Å². The number of hydrogen-bond donors (Lipinski definition) is 3. The number of hydrazine groups is 3. The van der Waals surface area contributed by atoms with Crippen LogP contribution >= 0.6 is 7.82 Å². The lowest BCUT2D eigenvalue weighted by atomic mass is 10.0. The van der Waals surface area contributed by atoms with E-state index in [9.17, 15) is 4.57 Å². The molecule has 0 saturated heterocycles. The summed E-state index contributed by atoms with van der Waals surface area (Å²) < 4.78 is 32.1. The molecule has 0 amide bonds. The van der Waals surface area contributed by atoms with Gasteiger partial charge in [-0.15, -0.1) is 13.9 Å². The molecule has 11 heteroatoms. The number of aryl methyl sites for hydroxylation is 6. The summed E-state index contributed by atoms with van der Waals surface area (Å²) in [5.41, 5.74) is 7.14. The number of phosphoric acid groups is 1. The number of anilines is 3. The normalized spacial score (nSPS) is 11.5. The van der Waals surface area contributed by atoms with Gasteiger partial charge in [-0.1, -0.05) is 96.1 Å². The molecule has 6 N–H and O–H groups in total. The maximum atomic E-state index is 14.5. The van der Waals surface area contributed by atoms with Gasteiger partial charge in [-0.2, -0.15) is 15.5 Å². The van der Waals surface area contributed by atoms with Crippen molar-refractivity contribution in [3.8, 4) is 0 Å². The highest BCUT2D eigenvalue weighted by atomic mass is 31.2. The van der Waals surface area contributed by atoms with Gasteiger partial charge in [0.2, 0.25) is 0 Å². The van der Waals surface area contributed by atoms with Gasteiger partial charge in [-0.25, -0.2) is 22.1 Å². The molecule has 41 heavy (non-hydrogen) atoms. The number of benzene rings is 3. The summed E-state index contributed by atoms with van der Waals surface area (Å²) in [5.74, 6) is 19.3. The maximum Gasteiger partial charge on any atom is 0.543 e. The summed E-state index contributed by atoms with van der Waals surface area (Å²) in [5, 5.41) is 2.83. The summed E-state index contributed by atoms with van der Waals surface area (Å²) in [4.78, 5) is 0. The second-order valence-electron chi connectivity index (χ2n) is 9.57. The second-order valence-corrected chi connectivity index (χ2v) is 10.9. The number of rotatable bonds is 15. The van der Waals surface area contributed by atoms with Crippen LogP contribution in [0.4, 0.5) is 17.1 Å².